The maximum absolute atomic E-state index is 12.8. The highest BCUT2D eigenvalue weighted by Gasteiger charge is 2.22. The summed E-state index contributed by atoms with van der Waals surface area (Å²) in [4.78, 5) is 28.8. The van der Waals surface area contributed by atoms with Crippen molar-refractivity contribution in [1.29, 1.82) is 0 Å². The van der Waals surface area contributed by atoms with Crippen LogP contribution >= 0.6 is 0 Å². The van der Waals surface area contributed by atoms with Crippen LogP contribution in [0.25, 0.3) is 0 Å². The van der Waals surface area contributed by atoms with Gasteiger partial charge >= 0.3 is 0 Å². The molecule has 3 rings (SSSR count). The Morgan fingerprint density at radius 2 is 2.15 bits per heavy atom. The third-order valence-electron chi connectivity index (χ3n) is 3.81. The normalized spacial score (nSPS) is 16.2. The number of rotatable bonds is 4. The summed E-state index contributed by atoms with van der Waals surface area (Å²) in [7, 11) is 0. The summed E-state index contributed by atoms with van der Waals surface area (Å²) < 4.78 is 5.60. The van der Waals surface area contributed by atoms with Gasteiger partial charge < -0.3 is 20.7 Å². The number of fused-ring (bicyclic) bond motifs is 1. The topological polar surface area (TPSA) is 92.4 Å². The van der Waals surface area contributed by atoms with Crippen LogP contribution in [0.5, 0.6) is 5.75 Å². The van der Waals surface area contributed by atoms with Crippen LogP contribution in [0.4, 0.5) is 17.1 Å². The number of carbonyl (C=O) groups is 2. The van der Waals surface area contributed by atoms with Crippen molar-refractivity contribution in [3.63, 3.8) is 0 Å². The zero-order valence-electron chi connectivity index (χ0n) is 15.0. The van der Waals surface area contributed by atoms with E-state index in [1.807, 2.05) is 20.8 Å². The van der Waals surface area contributed by atoms with Crippen molar-refractivity contribution in [3.05, 3.63) is 42.2 Å². The van der Waals surface area contributed by atoms with Crippen molar-refractivity contribution in [2.45, 2.75) is 39.3 Å². The van der Waals surface area contributed by atoms with Gasteiger partial charge in [0.25, 0.3) is 5.91 Å². The van der Waals surface area contributed by atoms with E-state index in [0.717, 1.165) is 0 Å². The molecule has 0 radical (unpaired) electrons. The van der Waals surface area contributed by atoms with E-state index in [9.17, 15) is 9.59 Å². The Hall–Kier alpha value is -3.09. The zero-order valence-corrected chi connectivity index (χ0v) is 15.0. The Morgan fingerprint density at radius 1 is 1.35 bits per heavy atom. The van der Waals surface area contributed by atoms with Gasteiger partial charge in [-0.15, -0.1) is 0 Å². The first kappa shape index (κ1) is 17.7. The van der Waals surface area contributed by atoms with E-state index in [2.05, 4.69) is 20.9 Å². The molecule has 2 aromatic rings. The number of para-hydroxylation sites is 1. The average Bonchev–Trinajstić information content (AvgIpc) is 2.70. The number of nitrogens with one attached hydrogen (secondary N) is 3. The molecule has 7 nitrogen and oxygen atoms in total. The second-order valence-electron chi connectivity index (χ2n) is 6.56. The van der Waals surface area contributed by atoms with Crippen molar-refractivity contribution in [2.24, 2.45) is 0 Å². The summed E-state index contributed by atoms with van der Waals surface area (Å²) in [6.07, 6.45) is 3.52. The molecular formula is C19H22N4O3. The summed E-state index contributed by atoms with van der Waals surface area (Å²) in [6, 6.07) is 6.88. The first-order valence-corrected chi connectivity index (χ1v) is 8.55. The number of hydrogen-bond donors (Lipinski definition) is 3. The second kappa shape index (κ2) is 7.43. The van der Waals surface area contributed by atoms with Crippen LogP contribution in [-0.2, 0) is 4.79 Å². The van der Waals surface area contributed by atoms with Crippen LogP contribution in [-0.4, -0.2) is 28.9 Å². The molecule has 1 aromatic heterocycles. The Balaban J connectivity index is 1.85. The van der Waals surface area contributed by atoms with Gasteiger partial charge in [-0.1, -0.05) is 6.07 Å². The van der Waals surface area contributed by atoms with E-state index in [0.29, 0.717) is 34.8 Å². The average molecular weight is 354 g/mol. The predicted molar refractivity (Wildman–Crippen MR) is 101 cm³/mol. The van der Waals surface area contributed by atoms with E-state index in [4.69, 9.17) is 4.74 Å². The van der Waals surface area contributed by atoms with Crippen LogP contribution in [0.2, 0.25) is 0 Å². The van der Waals surface area contributed by atoms with E-state index in [-0.39, 0.29) is 24.0 Å². The van der Waals surface area contributed by atoms with Crippen LogP contribution in [0.3, 0.4) is 0 Å². The van der Waals surface area contributed by atoms with Gasteiger partial charge in [-0.2, -0.15) is 0 Å². The lowest BCUT2D eigenvalue weighted by molar-refractivity contribution is -0.116. The van der Waals surface area contributed by atoms with Gasteiger partial charge in [-0.05, 0) is 32.9 Å². The van der Waals surface area contributed by atoms with Crippen LogP contribution < -0.4 is 20.7 Å². The van der Waals surface area contributed by atoms with Gasteiger partial charge in [0.1, 0.15) is 5.75 Å². The molecule has 0 saturated carbocycles. The standard InChI is InChI=1S/C19H22N4O3/c1-11(2)26-14-8-13(9-20-10-14)22-19(25)15-5-4-6-16-18(15)21-12(3)7-17(24)23-16/h4-6,8-12,21H,7H2,1-3H3,(H,22,25)(H,23,24). The van der Waals surface area contributed by atoms with Crippen molar-refractivity contribution in [2.75, 3.05) is 16.0 Å². The number of aromatic nitrogens is 1. The smallest absolute Gasteiger partial charge is 0.257 e. The molecule has 26 heavy (non-hydrogen) atoms. The molecule has 0 aliphatic carbocycles. The fourth-order valence-corrected chi connectivity index (χ4v) is 2.80. The predicted octanol–water partition coefficient (Wildman–Crippen LogP) is 3.26. The molecule has 1 aliphatic rings. The van der Waals surface area contributed by atoms with E-state index in [1.165, 1.54) is 0 Å². The van der Waals surface area contributed by atoms with Crippen LogP contribution in [0.15, 0.2) is 36.7 Å². The molecule has 3 N–H and O–H groups in total. The molecule has 0 spiro atoms. The molecular weight excluding hydrogens is 332 g/mol. The second-order valence-corrected chi connectivity index (χ2v) is 6.56. The number of benzene rings is 1. The lowest BCUT2D eigenvalue weighted by Gasteiger charge is -2.16. The third kappa shape index (κ3) is 4.11. The molecule has 136 valence electrons. The van der Waals surface area contributed by atoms with Gasteiger partial charge in [0.05, 0.1) is 41.1 Å². The number of anilines is 3. The van der Waals surface area contributed by atoms with Crippen molar-refractivity contribution >= 4 is 28.9 Å². The molecule has 0 bridgehead atoms. The summed E-state index contributed by atoms with van der Waals surface area (Å²) in [5.41, 5.74) is 2.20. The van der Waals surface area contributed by atoms with E-state index >= 15 is 0 Å². The Bertz CT molecular complexity index is 835. The summed E-state index contributed by atoms with van der Waals surface area (Å²) in [5, 5.41) is 8.90. The highest BCUT2D eigenvalue weighted by Crippen LogP contribution is 2.30. The van der Waals surface area contributed by atoms with Crippen LogP contribution in [0.1, 0.15) is 37.6 Å². The zero-order chi connectivity index (χ0) is 18.7. The number of carbonyl (C=O) groups excluding carboxylic acids is 2. The molecule has 1 aromatic carbocycles. The number of ether oxygens (including phenoxy) is 1. The maximum Gasteiger partial charge on any atom is 0.257 e. The molecule has 0 saturated heterocycles. The van der Waals surface area contributed by atoms with E-state index in [1.54, 1.807) is 36.7 Å². The Labute approximate surface area is 152 Å². The minimum Gasteiger partial charge on any atom is -0.489 e. The Kier molecular flexibility index (Phi) is 5.06. The third-order valence-corrected chi connectivity index (χ3v) is 3.81. The van der Waals surface area contributed by atoms with Crippen molar-refractivity contribution < 1.29 is 14.3 Å². The molecule has 0 fully saturated rings. The maximum atomic E-state index is 12.8. The molecule has 2 amide bonds. The molecule has 1 unspecified atom stereocenters. The van der Waals surface area contributed by atoms with E-state index < -0.39 is 0 Å². The van der Waals surface area contributed by atoms with Gasteiger partial charge in [0.2, 0.25) is 5.91 Å². The highest BCUT2D eigenvalue weighted by atomic mass is 16.5. The Morgan fingerprint density at radius 3 is 2.92 bits per heavy atom. The van der Waals surface area contributed by atoms with Gasteiger partial charge in [0.15, 0.2) is 0 Å². The molecule has 1 aliphatic heterocycles. The minimum atomic E-state index is -0.291. The largest absolute Gasteiger partial charge is 0.489 e. The number of amides is 2. The minimum absolute atomic E-state index is 0.0157. The number of nitrogens with zero attached hydrogens (tertiary/aromatic N) is 1. The summed E-state index contributed by atoms with van der Waals surface area (Å²) in [6.45, 7) is 5.75. The van der Waals surface area contributed by atoms with Gasteiger partial charge in [-0.25, -0.2) is 0 Å². The van der Waals surface area contributed by atoms with Gasteiger partial charge in [-0.3, -0.25) is 14.6 Å². The van der Waals surface area contributed by atoms with Crippen LogP contribution in [0, 0.1) is 0 Å². The first-order chi connectivity index (χ1) is 12.4. The monoisotopic (exact) mass is 354 g/mol. The fraction of sp³-hybridized carbons (Fsp3) is 0.316. The van der Waals surface area contributed by atoms with Crippen molar-refractivity contribution in [3.8, 4) is 5.75 Å². The fourth-order valence-electron chi connectivity index (χ4n) is 2.80. The quantitative estimate of drug-likeness (QED) is 0.784. The number of hydrogen-bond acceptors (Lipinski definition) is 5. The van der Waals surface area contributed by atoms with Crippen molar-refractivity contribution in [1.82, 2.24) is 4.98 Å². The van der Waals surface area contributed by atoms with Gasteiger partial charge in [0, 0.05) is 18.5 Å². The highest BCUT2D eigenvalue weighted by molar-refractivity contribution is 6.11. The molecule has 2 heterocycles. The lowest BCUT2D eigenvalue weighted by atomic mass is 10.1. The SMILES string of the molecule is CC1CC(=O)Nc2cccc(C(=O)Nc3cncc(OC(C)C)c3)c2N1. The number of pyridine rings is 1. The summed E-state index contributed by atoms with van der Waals surface area (Å²) >= 11 is 0. The molecule has 7 heteroatoms. The first-order valence-electron chi connectivity index (χ1n) is 8.55. The molecule has 1 atom stereocenters. The lowest BCUT2D eigenvalue weighted by Crippen LogP contribution is -2.20. The summed E-state index contributed by atoms with van der Waals surface area (Å²) in [5.74, 6) is 0.217.